The number of benzene rings is 3. The monoisotopic (exact) mass is 571 g/mol. The highest BCUT2D eigenvalue weighted by Crippen LogP contribution is 2.27. The van der Waals surface area contributed by atoms with E-state index in [0.717, 1.165) is 9.87 Å². The maximum absolute atomic E-state index is 13.9. The number of anilines is 1. The number of carbonyl (C=O) groups excluding carboxylic acids is 2. The molecule has 0 aliphatic heterocycles. The molecule has 0 saturated carbocycles. The predicted octanol–water partition coefficient (Wildman–Crippen LogP) is 4.88. The smallest absolute Gasteiger partial charge is 0.264 e. The second-order valence-corrected chi connectivity index (χ2v) is 12.4. The van der Waals surface area contributed by atoms with Crippen LogP contribution in [0.15, 0.2) is 83.8 Å². The Morgan fingerprint density at radius 3 is 2.26 bits per heavy atom. The lowest BCUT2D eigenvalue weighted by molar-refractivity contribution is -0.140. The lowest BCUT2D eigenvalue weighted by atomic mass is 10.1. The lowest BCUT2D eigenvalue weighted by Gasteiger charge is -2.33. The normalized spacial score (nSPS) is 12.4. The van der Waals surface area contributed by atoms with Crippen LogP contribution in [0.5, 0.6) is 5.75 Å². The molecule has 3 aromatic rings. The number of hydrogen-bond donors (Lipinski definition) is 1. The Labute approximate surface area is 235 Å². The van der Waals surface area contributed by atoms with Gasteiger partial charge in [-0.15, -0.1) is 0 Å². The van der Waals surface area contributed by atoms with E-state index in [1.54, 1.807) is 68.6 Å². The molecule has 0 aromatic heterocycles. The van der Waals surface area contributed by atoms with E-state index in [9.17, 15) is 18.0 Å². The van der Waals surface area contributed by atoms with Gasteiger partial charge in [0, 0.05) is 17.1 Å². The van der Waals surface area contributed by atoms with Crippen molar-refractivity contribution in [1.82, 2.24) is 10.2 Å². The van der Waals surface area contributed by atoms with Crippen LogP contribution in [-0.4, -0.2) is 50.4 Å². The first-order valence-electron chi connectivity index (χ1n) is 12.4. The summed E-state index contributed by atoms with van der Waals surface area (Å²) in [6.45, 7) is 6.67. The van der Waals surface area contributed by atoms with Crippen molar-refractivity contribution in [1.29, 1.82) is 0 Å². The summed E-state index contributed by atoms with van der Waals surface area (Å²) in [5.41, 5.74) is 0.422. The van der Waals surface area contributed by atoms with Crippen molar-refractivity contribution >= 4 is 39.1 Å². The first kappa shape index (κ1) is 30.0. The predicted molar refractivity (Wildman–Crippen MR) is 153 cm³/mol. The summed E-state index contributed by atoms with van der Waals surface area (Å²) in [5.74, 6) is -0.327. The highest BCUT2D eigenvalue weighted by atomic mass is 35.5. The molecule has 0 aliphatic rings. The highest BCUT2D eigenvalue weighted by molar-refractivity contribution is 7.92. The van der Waals surface area contributed by atoms with E-state index < -0.39 is 34.1 Å². The number of hydrogen-bond acceptors (Lipinski definition) is 5. The molecule has 0 fully saturated rings. The third-order valence-corrected chi connectivity index (χ3v) is 7.88. The fourth-order valence-corrected chi connectivity index (χ4v) is 5.52. The van der Waals surface area contributed by atoms with Gasteiger partial charge in [-0.2, -0.15) is 0 Å². The maximum atomic E-state index is 13.9. The fourth-order valence-electron chi connectivity index (χ4n) is 3.90. The van der Waals surface area contributed by atoms with Gasteiger partial charge in [-0.3, -0.25) is 13.9 Å². The van der Waals surface area contributed by atoms with Gasteiger partial charge in [0.25, 0.3) is 10.0 Å². The number of halogens is 1. The molecular formula is C29H34ClN3O5S. The van der Waals surface area contributed by atoms with Gasteiger partial charge in [0.05, 0.1) is 17.7 Å². The largest absolute Gasteiger partial charge is 0.497 e. The number of nitrogens with one attached hydrogen (secondary N) is 1. The molecule has 1 atom stereocenters. The van der Waals surface area contributed by atoms with Crippen molar-refractivity contribution in [2.45, 2.75) is 50.7 Å². The Kier molecular flexibility index (Phi) is 9.63. The van der Waals surface area contributed by atoms with Crippen LogP contribution in [0.3, 0.4) is 0 Å². The summed E-state index contributed by atoms with van der Waals surface area (Å²) >= 11 is 6.19. The zero-order valence-corrected chi connectivity index (χ0v) is 24.3. The summed E-state index contributed by atoms with van der Waals surface area (Å²) in [7, 11) is -2.61. The van der Waals surface area contributed by atoms with Crippen LogP contribution in [0.25, 0.3) is 0 Å². The Hall–Kier alpha value is -3.56. The van der Waals surface area contributed by atoms with Gasteiger partial charge in [-0.05, 0) is 75.7 Å². The van der Waals surface area contributed by atoms with Gasteiger partial charge in [0.2, 0.25) is 11.8 Å². The fraction of sp³-hybridized carbons (Fsp3) is 0.310. The Morgan fingerprint density at radius 1 is 0.974 bits per heavy atom. The highest BCUT2D eigenvalue weighted by Gasteiger charge is 2.33. The van der Waals surface area contributed by atoms with Gasteiger partial charge in [-0.25, -0.2) is 8.42 Å². The van der Waals surface area contributed by atoms with E-state index in [0.29, 0.717) is 10.8 Å². The molecule has 0 spiro atoms. The summed E-state index contributed by atoms with van der Waals surface area (Å²) in [6.07, 6.45) is 0. The minimum Gasteiger partial charge on any atom is -0.497 e. The van der Waals surface area contributed by atoms with Crippen molar-refractivity contribution in [3.05, 3.63) is 89.4 Å². The molecule has 39 heavy (non-hydrogen) atoms. The molecule has 2 amide bonds. The van der Waals surface area contributed by atoms with Gasteiger partial charge in [0.1, 0.15) is 18.3 Å². The minimum atomic E-state index is -4.15. The van der Waals surface area contributed by atoms with Crippen LogP contribution in [0.1, 0.15) is 33.3 Å². The SMILES string of the molecule is COc1cccc(CN(C(=O)CN(c2cccc(Cl)c2)S(=O)(=O)c2ccccc2)[C@@H](C)C(=O)NC(C)(C)C)c1. The van der Waals surface area contributed by atoms with Crippen molar-refractivity contribution in [3.8, 4) is 5.75 Å². The number of methoxy groups -OCH3 is 1. The Morgan fingerprint density at radius 2 is 1.64 bits per heavy atom. The number of nitrogens with zero attached hydrogens (tertiary/aromatic N) is 2. The average molecular weight is 572 g/mol. The summed E-state index contributed by atoms with van der Waals surface area (Å²) in [5, 5.41) is 3.22. The van der Waals surface area contributed by atoms with E-state index in [4.69, 9.17) is 16.3 Å². The van der Waals surface area contributed by atoms with Crippen molar-refractivity contribution in [2.24, 2.45) is 0 Å². The number of ether oxygens (including phenoxy) is 1. The first-order valence-corrected chi connectivity index (χ1v) is 14.2. The van der Waals surface area contributed by atoms with Gasteiger partial charge < -0.3 is 15.0 Å². The standard InChI is InChI=1S/C29H34ClN3O5S/c1-21(28(35)31-29(2,3)4)32(19-22-11-9-14-25(17-22)38-5)27(34)20-33(24-13-10-12-23(30)18-24)39(36,37)26-15-7-6-8-16-26/h6-18,21H,19-20H2,1-5H3,(H,31,35)/t21-/m0/s1. The van der Waals surface area contributed by atoms with Crippen LogP contribution in [0.4, 0.5) is 5.69 Å². The minimum absolute atomic E-state index is 0.0237. The second kappa shape index (κ2) is 12.5. The van der Waals surface area contributed by atoms with E-state index in [2.05, 4.69) is 5.32 Å². The average Bonchev–Trinajstić information content (AvgIpc) is 2.89. The van der Waals surface area contributed by atoms with Crippen LogP contribution < -0.4 is 14.4 Å². The molecule has 1 N–H and O–H groups in total. The molecule has 3 aromatic carbocycles. The van der Waals surface area contributed by atoms with Crippen LogP contribution in [0, 0.1) is 0 Å². The van der Waals surface area contributed by atoms with Crippen molar-refractivity contribution in [3.63, 3.8) is 0 Å². The third kappa shape index (κ3) is 7.97. The van der Waals surface area contributed by atoms with Gasteiger partial charge in [0.15, 0.2) is 0 Å². The third-order valence-electron chi connectivity index (χ3n) is 5.86. The van der Waals surface area contributed by atoms with E-state index in [-0.39, 0.29) is 23.0 Å². The zero-order valence-electron chi connectivity index (χ0n) is 22.7. The van der Waals surface area contributed by atoms with E-state index in [1.807, 2.05) is 26.8 Å². The molecule has 208 valence electrons. The van der Waals surface area contributed by atoms with Crippen molar-refractivity contribution < 1.29 is 22.7 Å². The number of amides is 2. The maximum Gasteiger partial charge on any atom is 0.264 e. The zero-order chi connectivity index (χ0) is 28.8. The molecule has 3 rings (SSSR count). The van der Waals surface area contributed by atoms with Crippen molar-refractivity contribution in [2.75, 3.05) is 18.0 Å². The molecule has 8 nitrogen and oxygen atoms in total. The lowest BCUT2D eigenvalue weighted by Crippen LogP contribution is -2.54. The topological polar surface area (TPSA) is 96.0 Å². The van der Waals surface area contributed by atoms with Crippen LogP contribution in [-0.2, 0) is 26.2 Å². The molecule has 0 heterocycles. The molecule has 0 saturated heterocycles. The molecule has 0 radical (unpaired) electrons. The Balaban J connectivity index is 2.04. The van der Waals surface area contributed by atoms with Crippen LogP contribution >= 0.6 is 11.6 Å². The number of carbonyl (C=O) groups is 2. The number of sulfonamides is 1. The summed E-state index contributed by atoms with van der Waals surface area (Å²) in [4.78, 5) is 28.5. The molecule has 0 unspecified atom stereocenters. The molecule has 0 aliphatic carbocycles. The molecular weight excluding hydrogens is 538 g/mol. The second-order valence-electron chi connectivity index (χ2n) is 10.1. The Bertz CT molecular complexity index is 1410. The van der Waals surface area contributed by atoms with Crippen LogP contribution in [0.2, 0.25) is 5.02 Å². The quantitative estimate of drug-likeness (QED) is 0.374. The van der Waals surface area contributed by atoms with E-state index in [1.165, 1.54) is 23.1 Å². The number of rotatable bonds is 10. The van der Waals surface area contributed by atoms with Gasteiger partial charge >= 0.3 is 0 Å². The first-order chi connectivity index (χ1) is 18.3. The van der Waals surface area contributed by atoms with E-state index >= 15 is 0 Å². The van der Waals surface area contributed by atoms with Gasteiger partial charge in [-0.1, -0.05) is 48.0 Å². The summed E-state index contributed by atoms with van der Waals surface area (Å²) < 4.78 is 33.8. The molecule has 10 heteroatoms. The molecule has 0 bridgehead atoms. The summed E-state index contributed by atoms with van der Waals surface area (Å²) in [6, 6.07) is 20.4.